The summed E-state index contributed by atoms with van der Waals surface area (Å²) in [6.45, 7) is 1.78. The molecule has 0 aliphatic carbocycles. The van der Waals surface area contributed by atoms with Crippen LogP contribution in [0.4, 0.5) is 0 Å². The number of primary amides is 1. The molecule has 3 aromatic heterocycles. The van der Waals surface area contributed by atoms with Crippen molar-refractivity contribution in [3.05, 3.63) is 35.0 Å². The second-order valence-electron chi connectivity index (χ2n) is 4.38. The molecule has 3 heterocycles. The van der Waals surface area contributed by atoms with Gasteiger partial charge in [-0.3, -0.25) is 4.79 Å². The SMILES string of the molecule is CC(Sc1nc(-c2cccs2)c(-c2cccs2)[nH]1)C(N)=O. The molecule has 0 spiro atoms. The van der Waals surface area contributed by atoms with Crippen LogP contribution in [0.2, 0.25) is 0 Å². The van der Waals surface area contributed by atoms with Crippen LogP contribution in [0.3, 0.4) is 0 Å². The first-order valence-corrected chi connectivity index (χ1v) is 8.93. The highest BCUT2D eigenvalue weighted by atomic mass is 32.2. The van der Waals surface area contributed by atoms with Crippen LogP contribution < -0.4 is 5.73 Å². The average molecular weight is 335 g/mol. The lowest BCUT2D eigenvalue weighted by Crippen LogP contribution is -2.22. The number of carbonyl (C=O) groups is 1. The fourth-order valence-electron chi connectivity index (χ4n) is 1.82. The maximum Gasteiger partial charge on any atom is 0.230 e. The van der Waals surface area contributed by atoms with Crippen LogP contribution in [-0.2, 0) is 4.79 Å². The zero-order valence-corrected chi connectivity index (χ0v) is 13.6. The third kappa shape index (κ3) is 3.04. The third-order valence-corrected chi connectivity index (χ3v) is 5.66. The van der Waals surface area contributed by atoms with Gasteiger partial charge >= 0.3 is 0 Å². The highest BCUT2D eigenvalue weighted by Gasteiger charge is 2.19. The zero-order chi connectivity index (χ0) is 14.8. The van der Waals surface area contributed by atoms with E-state index >= 15 is 0 Å². The van der Waals surface area contributed by atoms with E-state index in [1.165, 1.54) is 11.8 Å². The summed E-state index contributed by atoms with van der Waals surface area (Å²) in [5.41, 5.74) is 7.24. The monoisotopic (exact) mass is 335 g/mol. The van der Waals surface area contributed by atoms with E-state index < -0.39 is 0 Å². The summed E-state index contributed by atoms with van der Waals surface area (Å²) in [7, 11) is 0. The quantitative estimate of drug-likeness (QED) is 0.696. The number of amides is 1. The standard InChI is InChI=1S/C14H13N3OS3/c1-8(13(15)18)21-14-16-11(9-4-2-6-19-9)12(17-14)10-5-3-7-20-10/h2-8H,1H3,(H2,15,18)(H,16,17). The van der Waals surface area contributed by atoms with Gasteiger partial charge in [0.2, 0.25) is 5.91 Å². The van der Waals surface area contributed by atoms with Gasteiger partial charge in [-0.2, -0.15) is 0 Å². The molecule has 3 N–H and O–H groups in total. The van der Waals surface area contributed by atoms with Crippen LogP contribution in [0.5, 0.6) is 0 Å². The van der Waals surface area contributed by atoms with Crippen molar-refractivity contribution in [2.24, 2.45) is 5.73 Å². The number of nitrogens with two attached hydrogens (primary N) is 1. The number of carbonyl (C=O) groups excluding carboxylic acids is 1. The Labute approximate surface area is 134 Å². The van der Waals surface area contributed by atoms with Gasteiger partial charge in [0.25, 0.3) is 0 Å². The van der Waals surface area contributed by atoms with Gasteiger partial charge in [-0.05, 0) is 29.8 Å². The van der Waals surface area contributed by atoms with Crippen molar-refractivity contribution in [2.75, 3.05) is 0 Å². The molecule has 4 nitrogen and oxygen atoms in total. The van der Waals surface area contributed by atoms with Crippen LogP contribution in [-0.4, -0.2) is 21.1 Å². The van der Waals surface area contributed by atoms with Crippen molar-refractivity contribution in [1.29, 1.82) is 0 Å². The summed E-state index contributed by atoms with van der Waals surface area (Å²) in [6.07, 6.45) is 0. The van der Waals surface area contributed by atoms with Crippen molar-refractivity contribution in [3.8, 4) is 21.1 Å². The first-order chi connectivity index (χ1) is 10.1. The lowest BCUT2D eigenvalue weighted by atomic mass is 10.2. The number of rotatable bonds is 5. The van der Waals surface area contributed by atoms with Crippen LogP contribution in [0.1, 0.15) is 6.92 Å². The molecular formula is C14H13N3OS3. The molecule has 7 heteroatoms. The Kier molecular flexibility index (Phi) is 4.14. The van der Waals surface area contributed by atoms with Crippen molar-refractivity contribution >= 4 is 40.3 Å². The molecule has 0 saturated carbocycles. The topological polar surface area (TPSA) is 71.8 Å². The van der Waals surface area contributed by atoms with Crippen LogP contribution >= 0.6 is 34.4 Å². The van der Waals surface area contributed by atoms with Crippen molar-refractivity contribution in [2.45, 2.75) is 17.3 Å². The van der Waals surface area contributed by atoms with Gasteiger partial charge in [-0.1, -0.05) is 23.9 Å². The number of hydrogen-bond acceptors (Lipinski definition) is 5. The van der Waals surface area contributed by atoms with Gasteiger partial charge < -0.3 is 10.7 Å². The molecule has 1 atom stereocenters. The second kappa shape index (κ2) is 6.05. The van der Waals surface area contributed by atoms with Gasteiger partial charge in [0.15, 0.2) is 5.16 Å². The fraction of sp³-hybridized carbons (Fsp3) is 0.143. The van der Waals surface area contributed by atoms with E-state index in [4.69, 9.17) is 5.73 Å². The fourth-order valence-corrected chi connectivity index (χ4v) is 4.03. The summed E-state index contributed by atoms with van der Waals surface area (Å²) in [6, 6.07) is 8.12. The number of H-pyrrole nitrogens is 1. The van der Waals surface area contributed by atoms with Gasteiger partial charge in [-0.15, -0.1) is 22.7 Å². The largest absolute Gasteiger partial charge is 0.369 e. The number of hydrogen-bond donors (Lipinski definition) is 2. The van der Waals surface area contributed by atoms with Crippen molar-refractivity contribution < 1.29 is 4.79 Å². The van der Waals surface area contributed by atoms with E-state index in [1.54, 1.807) is 29.6 Å². The van der Waals surface area contributed by atoms with Gasteiger partial charge in [0.1, 0.15) is 5.69 Å². The molecule has 0 aliphatic heterocycles. The van der Waals surface area contributed by atoms with Crippen LogP contribution in [0, 0.1) is 0 Å². The van der Waals surface area contributed by atoms with E-state index in [0.717, 1.165) is 21.1 Å². The van der Waals surface area contributed by atoms with Gasteiger partial charge in [-0.25, -0.2) is 4.98 Å². The minimum absolute atomic E-state index is 0.316. The summed E-state index contributed by atoms with van der Waals surface area (Å²) in [5.74, 6) is -0.341. The van der Waals surface area contributed by atoms with E-state index in [2.05, 4.69) is 16.0 Å². The highest BCUT2D eigenvalue weighted by Crippen LogP contribution is 2.37. The first kappa shape index (κ1) is 14.4. The first-order valence-electron chi connectivity index (χ1n) is 6.29. The lowest BCUT2D eigenvalue weighted by Gasteiger charge is -2.02. The number of nitrogens with one attached hydrogen (secondary N) is 1. The number of thioether (sulfide) groups is 1. The Balaban J connectivity index is 2.01. The third-order valence-electron chi connectivity index (χ3n) is 2.89. The predicted octanol–water partition coefficient (Wildman–Crippen LogP) is 3.83. The molecule has 0 aliphatic rings. The molecule has 108 valence electrons. The van der Waals surface area contributed by atoms with E-state index in [1.807, 2.05) is 29.0 Å². The summed E-state index contributed by atoms with van der Waals surface area (Å²) < 4.78 is 0. The molecule has 0 radical (unpaired) electrons. The lowest BCUT2D eigenvalue weighted by molar-refractivity contribution is -0.117. The minimum atomic E-state index is -0.341. The van der Waals surface area contributed by atoms with Gasteiger partial charge in [0.05, 0.1) is 20.7 Å². The summed E-state index contributed by atoms with van der Waals surface area (Å²) in [5, 5.41) is 4.46. The van der Waals surface area contributed by atoms with E-state index in [0.29, 0.717) is 5.16 Å². The zero-order valence-electron chi connectivity index (χ0n) is 11.2. The maximum atomic E-state index is 11.2. The van der Waals surface area contributed by atoms with Crippen LogP contribution in [0.25, 0.3) is 21.1 Å². The highest BCUT2D eigenvalue weighted by molar-refractivity contribution is 8.00. The van der Waals surface area contributed by atoms with Gasteiger partial charge in [0, 0.05) is 0 Å². The smallest absolute Gasteiger partial charge is 0.230 e. The summed E-state index contributed by atoms with van der Waals surface area (Å²) >= 11 is 4.65. The second-order valence-corrected chi connectivity index (χ2v) is 7.61. The molecule has 21 heavy (non-hydrogen) atoms. The molecule has 1 unspecified atom stereocenters. The Hall–Kier alpha value is -1.57. The predicted molar refractivity (Wildman–Crippen MR) is 89.7 cm³/mol. The Morgan fingerprint density at radius 2 is 1.95 bits per heavy atom. The van der Waals surface area contributed by atoms with Crippen LogP contribution in [0.15, 0.2) is 40.2 Å². The Bertz CT molecular complexity index is 680. The molecule has 0 saturated heterocycles. The van der Waals surface area contributed by atoms with Crippen molar-refractivity contribution in [3.63, 3.8) is 0 Å². The molecule has 3 rings (SSSR count). The molecule has 0 fully saturated rings. The molecule has 0 bridgehead atoms. The molecule has 0 aromatic carbocycles. The maximum absolute atomic E-state index is 11.2. The summed E-state index contributed by atoms with van der Waals surface area (Å²) in [4.78, 5) is 21.4. The normalized spacial score (nSPS) is 12.4. The number of nitrogens with zero attached hydrogens (tertiary/aromatic N) is 1. The molecular weight excluding hydrogens is 322 g/mol. The average Bonchev–Trinajstić information content (AvgIpc) is 3.19. The van der Waals surface area contributed by atoms with Crippen molar-refractivity contribution in [1.82, 2.24) is 9.97 Å². The van der Waals surface area contributed by atoms with E-state index in [-0.39, 0.29) is 11.2 Å². The minimum Gasteiger partial charge on any atom is -0.369 e. The Morgan fingerprint density at radius 1 is 1.29 bits per heavy atom. The number of aromatic amines is 1. The number of thiophene rings is 2. The molecule has 3 aromatic rings. The number of aromatic nitrogens is 2. The Morgan fingerprint density at radius 3 is 2.52 bits per heavy atom. The van der Waals surface area contributed by atoms with E-state index in [9.17, 15) is 4.79 Å². The number of imidazole rings is 1. The molecule has 1 amide bonds.